The normalized spacial score (nSPS) is 19.4. The molecule has 0 aromatic carbocycles. The molecule has 1 aliphatic heterocycles. The van der Waals surface area contributed by atoms with Crippen molar-refractivity contribution in [2.45, 2.75) is 0 Å². The zero-order valence-electron chi connectivity index (χ0n) is 10.7. The van der Waals surface area contributed by atoms with Gasteiger partial charge in [0.05, 0.1) is 12.4 Å². The van der Waals surface area contributed by atoms with E-state index in [0.717, 1.165) is 26.2 Å². The van der Waals surface area contributed by atoms with E-state index in [0.29, 0.717) is 13.1 Å². The number of piperazine rings is 1. The molecular formula is C8H19N2NaO4S. The summed E-state index contributed by atoms with van der Waals surface area (Å²) in [7, 11) is -3.84. The number of aliphatic hydroxyl groups is 1. The first kappa shape index (κ1) is 16.8. The quantitative estimate of drug-likeness (QED) is 0.385. The predicted octanol–water partition coefficient (Wildman–Crippen LogP) is -4.40. The van der Waals surface area contributed by atoms with Crippen LogP contribution in [0.1, 0.15) is 1.43 Å². The molecule has 92 valence electrons. The van der Waals surface area contributed by atoms with Gasteiger partial charge in [0.1, 0.15) is 0 Å². The van der Waals surface area contributed by atoms with E-state index in [1.807, 2.05) is 4.90 Å². The molecule has 1 saturated heterocycles. The second-order valence-corrected chi connectivity index (χ2v) is 5.27. The van der Waals surface area contributed by atoms with Crippen molar-refractivity contribution < 1.29 is 49.1 Å². The summed E-state index contributed by atoms with van der Waals surface area (Å²) in [6.45, 7) is 4.46. The van der Waals surface area contributed by atoms with Gasteiger partial charge in [0, 0.05) is 39.3 Å². The zero-order valence-corrected chi connectivity index (χ0v) is 12.5. The summed E-state index contributed by atoms with van der Waals surface area (Å²) in [5, 5.41) is 8.73. The fraction of sp³-hybridized carbons (Fsp3) is 1.00. The first-order chi connectivity index (χ1) is 7.01. The van der Waals surface area contributed by atoms with Crippen LogP contribution in [0.25, 0.3) is 0 Å². The van der Waals surface area contributed by atoms with Crippen LogP contribution < -0.4 is 29.6 Å². The van der Waals surface area contributed by atoms with Crippen molar-refractivity contribution in [3.63, 3.8) is 0 Å². The van der Waals surface area contributed by atoms with Gasteiger partial charge >= 0.3 is 29.6 Å². The summed E-state index contributed by atoms with van der Waals surface area (Å²) < 4.78 is 29.6. The van der Waals surface area contributed by atoms with Crippen molar-refractivity contribution in [2.75, 3.05) is 51.6 Å². The van der Waals surface area contributed by atoms with Gasteiger partial charge in [0.15, 0.2) is 0 Å². The van der Waals surface area contributed by atoms with Crippen LogP contribution in [0.4, 0.5) is 0 Å². The monoisotopic (exact) mass is 262 g/mol. The van der Waals surface area contributed by atoms with E-state index in [1.165, 1.54) is 0 Å². The topological polar surface area (TPSA) is 81.1 Å². The molecule has 0 radical (unpaired) electrons. The minimum atomic E-state index is -3.84. The minimum Gasteiger partial charge on any atom is -1.00 e. The maximum atomic E-state index is 10.5. The Labute approximate surface area is 120 Å². The van der Waals surface area contributed by atoms with E-state index in [1.54, 1.807) is 0 Å². The molecule has 0 spiro atoms. The van der Waals surface area contributed by atoms with Gasteiger partial charge in [-0.2, -0.15) is 8.42 Å². The van der Waals surface area contributed by atoms with Gasteiger partial charge in [-0.1, -0.05) is 0 Å². The van der Waals surface area contributed by atoms with Crippen molar-refractivity contribution in [1.82, 2.24) is 9.80 Å². The maximum absolute atomic E-state index is 10.5. The molecular weight excluding hydrogens is 243 g/mol. The number of hydrogen-bond acceptors (Lipinski definition) is 5. The molecule has 1 heterocycles. The van der Waals surface area contributed by atoms with Crippen LogP contribution in [0.2, 0.25) is 0 Å². The third-order valence-electron chi connectivity index (χ3n) is 2.55. The molecule has 0 unspecified atom stereocenters. The molecule has 0 aliphatic carbocycles. The van der Waals surface area contributed by atoms with Gasteiger partial charge in [-0.15, -0.1) is 0 Å². The van der Waals surface area contributed by atoms with Crippen LogP contribution in [0, 0.1) is 0 Å². The zero-order chi connectivity index (χ0) is 11.3. The molecule has 0 atom stereocenters. The molecule has 1 rings (SSSR count). The fourth-order valence-electron chi connectivity index (χ4n) is 1.62. The van der Waals surface area contributed by atoms with Gasteiger partial charge in [-0.05, 0) is 0 Å². The maximum Gasteiger partial charge on any atom is 1.00 e. The third-order valence-corrected chi connectivity index (χ3v) is 3.25. The second kappa shape index (κ2) is 7.99. The minimum absolute atomic E-state index is 0. The molecule has 8 heteroatoms. The number of β-amino-alcohol motifs (C(OH)–C–C–N with tert-alkyl or cyclic N) is 1. The largest absolute Gasteiger partial charge is 1.00 e. The van der Waals surface area contributed by atoms with Gasteiger partial charge in [0.25, 0.3) is 10.1 Å². The summed E-state index contributed by atoms with van der Waals surface area (Å²) in [6, 6.07) is 0. The molecule has 0 bridgehead atoms. The van der Waals surface area contributed by atoms with E-state index in [9.17, 15) is 8.42 Å². The summed E-state index contributed by atoms with van der Waals surface area (Å²) in [5.41, 5.74) is 0. The van der Waals surface area contributed by atoms with Crippen molar-refractivity contribution >= 4 is 10.1 Å². The molecule has 0 saturated carbocycles. The first-order valence-corrected chi connectivity index (χ1v) is 6.63. The molecule has 0 aromatic rings. The van der Waals surface area contributed by atoms with Gasteiger partial charge in [-0.3, -0.25) is 14.4 Å². The van der Waals surface area contributed by atoms with Gasteiger partial charge in [0.2, 0.25) is 0 Å². The Bertz CT molecular complexity index is 283. The van der Waals surface area contributed by atoms with E-state index in [-0.39, 0.29) is 43.3 Å². The molecule has 0 amide bonds. The van der Waals surface area contributed by atoms with Gasteiger partial charge < -0.3 is 6.53 Å². The number of rotatable bonds is 5. The Kier molecular flexibility index (Phi) is 8.39. The molecule has 16 heavy (non-hydrogen) atoms. The van der Waals surface area contributed by atoms with E-state index < -0.39 is 10.1 Å². The number of hydrogen-bond donors (Lipinski definition) is 2. The van der Waals surface area contributed by atoms with Crippen molar-refractivity contribution in [2.24, 2.45) is 0 Å². The Balaban J connectivity index is 0. The van der Waals surface area contributed by atoms with E-state index in [4.69, 9.17) is 9.66 Å². The van der Waals surface area contributed by atoms with Crippen molar-refractivity contribution in [3.05, 3.63) is 0 Å². The van der Waals surface area contributed by atoms with Crippen LogP contribution >= 0.6 is 0 Å². The van der Waals surface area contributed by atoms with Crippen LogP contribution in [0.15, 0.2) is 0 Å². The van der Waals surface area contributed by atoms with Crippen LogP contribution in [-0.2, 0) is 10.1 Å². The standard InChI is InChI=1S/C8H18N2O4S.Na.H/c11-7-5-9-1-3-10(4-2-9)6-8-15(12,13)14;;/h11H,1-8H2,(H,12,13,14);;/q;+1;-1. The molecule has 2 N–H and O–H groups in total. The Morgan fingerprint density at radius 3 is 1.88 bits per heavy atom. The van der Waals surface area contributed by atoms with Crippen molar-refractivity contribution in [1.29, 1.82) is 0 Å². The average molecular weight is 262 g/mol. The van der Waals surface area contributed by atoms with Crippen molar-refractivity contribution in [3.8, 4) is 0 Å². The fourth-order valence-corrected chi connectivity index (χ4v) is 2.11. The van der Waals surface area contributed by atoms with Crippen LogP contribution in [0.5, 0.6) is 0 Å². The SMILES string of the molecule is O=S(=O)(O)CCN1CCN(CCO)CC1.[H-].[Na+]. The third kappa shape index (κ3) is 7.18. The summed E-state index contributed by atoms with van der Waals surface area (Å²) in [5.74, 6) is -0.201. The predicted molar refractivity (Wildman–Crippen MR) is 57.5 cm³/mol. The second-order valence-electron chi connectivity index (χ2n) is 3.69. The molecule has 6 nitrogen and oxygen atoms in total. The number of nitrogens with zero attached hydrogens (tertiary/aromatic N) is 2. The number of aliphatic hydroxyl groups excluding tert-OH is 1. The molecule has 1 fully saturated rings. The van der Waals surface area contributed by atoms with Crippen LogP contribution in [0.3, 0.4) is 0 Å². The smallest absolute Gasteiger partial charge is 1.00 e. The first-order valence-electron chi connectivity index (χ1n) is 5.02. The Morgan fingerprint density at radius 2 is 1.50 bits per heavy atom. The molecule has 0 aromatic heterocycles. The summed E-state index contributed by atoms with van der Waals surface area (Å²) in [4.78, 5) is 4.13. The van der Waals surface area contributed by atoms with Gasteiger partial charge in [-0.25, -0.2) is 0 Å². The average Bonchev–Trinajstić information content (AvgIpc) is 2.16. The van der Waals surface area contributed by atoms with Crippen LogP contribution in [-0.4, -0.2) is 79.5 Å². The van der Waals surface area contributed by atoms with E-state index >= 15 is 0 Å². The Morgan fingerprint density at radius 1 is 1.06 bits per heavy atom. The summed E-state index contributed by atoms with van der Waals surface area (Å²) in [6.07, 6.45) is 0. The molecule has 1 aliphatic rings. The van der Waals surface area contributed by atoms with E-state index in [2.05, 4.69) is 4.90 Å². The Hall–Kier alpha value is 0.790. The summed E-state index contributed by atoms with van der Waals surface area (Å²) >= 11 is 0.